The standard InChI is InChI=1S/C13H16N2OS/c1-10-4-3-5-12(6-10)17-9-13(16)11-7-14-15(2)8-11/h3-8,13,16H,9H2,1-2H3. The summed E-state index contributed by atoms with van der Waals surface area (Å²) in [6.07, 6.45) is 3.09. The lowest BCUT2D eigenvalue weighted by molar-refractivity contribution is 0.204. The molecular weight excluding hydrogens is 232 g/mol. The summed E-state index contributed by atoms with van der Waals surface area (Å²) in [5.74, 6) is 0.648. The summed E-state index contributed by atoms with van der Waals surface area (Å²) < 4.78 is 1.70. The van der Waals surface area contributed by atoms with Gasteiger partial charge in [0, 0.05) is 29.5 Å². The second-order valence-electron chi connectivity index (χ2n) is 4.09. The van der Waals surface area contributed by atoms with Gasteiger partial charge in [-0.1, -0.05) is 17.7 Å². The van der Waals surface area contributed by atoms with Crippen LogP contribution in [0.25, 0.3) is 0 Å². The van der Waals surface area contributed by atoms with Crippen molar-refractivity contribution in [1.29, 1.82) is 0 Å². The predicted octanol–water partition coefficient (Wildman–Crippen LogP) is 2.55. The monoisotopic (exact) mass is 248 g/mol. The summed E-state index contributed by atoms with van der Waals surface area (Å²) in [4.78, 5) is 1.19. The third-order valence-electron chi connectivity index (χ3n) is 2.51. The van der Waals surface area contributed by atoms with Crippen LogP contribution < -0.4 is 0 Å². The van der Waals surface area contributed by atoms with Crippen molar-refractivity contribution in [2.75, 3.05) is 5.75 Å². The maximum Gasteiger partial charge on any atom is 0.0914 e. The highest BCUT2D eigenvalue weighted by molar-refractivity contribution is 7.99. The lowest BCUT2D eigenvalue weighted by Gasteiger charge is -2.08. The second-order valence-corrected chi connectivity index (χ2v) is 5.18. The van der Waals surface area contributed by atoms with Crippen molar-refractivity contribution in [2.45, 2.75) is 17.9 Å². The van der Waals surface area contributed by atoms with E-state index in [0.717, 1.165) is 5.56 Å². The summed E-state index contributed by atoms with van der Waals surface area (Å²) in [6.45, 7) is 2.07. The van der Waals surface area contributed by atoms with E-state index in [4.69, 9.17) is 0 Å². The van der Waals surface area contributed by atoms with Gasteiger partial charge in [-0.25, -0.2) is 0 Å². The molecule has 1 heterocycles. The molecule has 0 spiro atoms. The minimum absolute atomic E-state index is 0.464. The zero-order valence-electron chi connectivity index (χ0n) is 10.00. The first-order valence-corrected chi connectivity index (χ1v) is 6.50. The molecule has 0 saturated heterocycles. The zero-order valence-corrected chi connectivity index (χ0v) is 10.8. The summed E-state index contributed by atoms with van der Waals surface area (Å²) in [7, 11) is 1.85. The zero-order chi connectivity index (χ0) is 12.3. The molecule has 0 saturated carbocycles. The van der Waals surface area contributed by atoms with Crippen LogP contribution in [-0.2, 0) is 7.05 Å². The Morgan fingerprint density at radius 3 is 2.94 bits per heavy atom. The minimum Gasteiger partial charge on any atom is -0.387 e. The van der Waals surface area contributed by atoms with Gasteiger partial charge in [-0.2, -0.15) is 5.10 Å². The van der Waals surface area contributed by atoms with Gasteiger partial charge in [0.25, 0.3) is 0 Å². The molecule has 1 atom stereocenters. The molecule has 1 aromatic heterocycles. The van der Waals surface area contributed by atoms with Crippen LogP contribution in [-0.4, -0.2) is 20.6 Å². The third kappa shape index (κ3) is 3.35. The van der Waals surface area contributed by atoms with Crippen molar-refractivity contribution < 1.29 is 5.11 Å². The topological polar surface area (TPSA) is 38.1 Å². The first-order chi connectivity index (χ1) is 8.15. The Morgan fingerprint density at radius 1 is 1.47 bits per heavy atom. The number of aromatic nitrogens is 2. The SMILES string of the molecule is Cc1cccc(SCC(O)c2cnn(C)c2)c1. The smallest absolute Gasteiger partial charge is 0.0914 e. The quantitative estimate of drug-likeness (QED) is 0.845. The maximum absolute atomic E-state index is 9.99. The highest BCUT2D eigenvalue weighted by Crippen LogP contribution is 2.24. The summed E-state index contributed by atoms with van der Waals surface area (Å²) in [6, 6.07) is 8.30. The van der Waals surface area contributed by atoms with Gasteiger partial charge >= 0.3 is 0 Å². The van der Waals surface area contributed by atoms with Crippen LogP contribution in [0.3, 0.4) is 0 Å². The number of rotatable bonds is 4. The summed E-state index contributed by atoms with van der Waals surface area (Å²) in [5, 5.41) is 14.0. The molecule has 2 aromatic rings. The van der Waals surface area contributed by atoms with Crippen LogP contribution in [0.15, 0.2) is 41.6 Å². The van der Waals surface area contributed by atoms with Crippen LogP contribution >= 0.6 is 11.8 Å². The Balaban J connectivity index is 1.94. The molecule has 0 radical (unpaired) electrons. The molecular formula is C13H16N2OS. The van der Waals surface area contributed by atoms with Crippen LogP contribution in [0.1, 0.15) is 17.2 Å². The lowest BCUT2D eigenvalue weighted by atomic mass is 10.2. The first kappa shape index (κ1) is 12.2. The molecule has 1 aromatic carbocycles. The largest absolute Gasteiger partial charge is 0.387 e. The van der Waals surface area contributed by atoms with Gasteiger partial charge in [0.1, 0.15) is 0 Å². The fourth-order valence-corrected chi connectivity index (χ4v) is 2.58. The highest BCUT2D eigenvalue weighted by Gasteiger charge is 2.09. The van der Waals surface area contributed by atoms with Crippen LogP contribution in [0.2, 0.25) is 0 Å². The molecule has 3 nitrogen and oxygen atoms in total. The summed E-state index contributed by atoms with van der Waals surface area (Å²) in [5.41, 5.74) is 2.11. The Morgan fingerprint density at radius 2 is 2.29 bits per heavy atom. The normalized spacial score (nSPS) is 12.6. The molecule has 0 fully saturated rings. The first-order valence-electron chi connectivity index (χ1n) is 5.51. The number of thioether (sulfide) groups is 1. The van der Waals surface area contributed by atoms with E-state index in [2.05, 4.69) is 30.2 Å². The van der Waals surface area contributed by atoms with E-state index in [1.165, 1.54) is 10.5 Å². The van der Waals surface area contributed by atoms with Gasteiger partial charge in [-0.3, -0.25) is 4.68 Å². The average molecular weight is 248 g/mol. The molecule has 2 rings (SSSR count). The number of benzene rings is 1. The van der Waals surface area contributed by atoms with E-state index < -0.39 is 6.10 Å². The number of aryl methyl sites for hydroxylation is 2. The number of aliphatic hydroxyl groups excluding tert-OH is 1. The van der Waals surface area contributed by atoms with Gasteiger partial charge in [0.05, 0.1) is 12.3 Å². The number of aliphatic hydroxyl groups is 1. The van der Waals surface area contributed by atoms with E-state index in [9.17, 15) is 5.11 Å². The Labute approximate surface area is 105 Å². The minimum atomic E-state index is -0.464. The van der Waals surface area contributed by atoms with Crippen molar-refractivity contribution in [3.8, 4) is 0 Å². The van der Waals surface area contributed by atoms with Gasteiger partial charge in [-0.05, 0) is 19.1 Å². The number of hydrogen-bond donors (Lipinski definition) is 1. The molecule has 0 aliphatic carbocycles. The molecule has 0 aliphatic heterocycles. The van der Waals surface area contributed by atoms with E-state index in [1.807, 2.05) is 19.3 Å². The Bertz CT molecular complexity index is 496. The van der Waals surface area contributed by atoms with Crippen molar-refractivity contribution >= 4 is 11.8 Å². The van der Waals surface area contributed by atoms with Gasteiger partial charge < -0.3 is 5.11 Å². The van der Waals surface area contributed by atoms with Crippen molar-refractivity contribution in [3.63, 3.8) is 0 Å². The van der Waals surface area contributed by atoms with E-state index in [1.54, 1.807) is 22.6 Å². The van der Waals surface area contributed by atoms with Crippen LogP contribution in [0.4, 0.5) is 0 Å². The van der Waals surface area contributed by atoms with Crippen molar-refractivity contribution in [3.05, 3.63) is 47.8 Å². The average Bonchev–Trinajstić information content (AvgIpc) is 2.73. The number of nitrogens with zero attached hydrogens (tertiary/aromatic N) is 2. The maximum atomic E-state index is 9.99. The predicted molar refractivity (Wildman–Crippen MR) is 70.1 cm³/mol. The van der Waals surface area contributed by atoms with E-state index in [0.29, 0.717) is 5.75 Å². The Kier molecular flexibility index (Phi) is 3.86. The lowest BCUT2D eigenvalue weighted by Crippen LogP contribution is -1.99. The number of hydrogen-bond acceptors (Lipinski definition) is 3. The van der Waals surface area contributed by atoms with Crippen LogP contribution in [0, 0.1) is 6.92 Å². The fraction of sp³-hybridized carbons (Fsp3) is 0.308. The molecule has 17 heavy (non-hydrogen) atoms. The second kappa shape index (κ2) is 5.38. The Hall–Kier alpha value is -1.26. The highest BCUT2D eigenvalue weighted by atomic mass is 32.2. The molecule has 0 aliphatic rings. The third-order valence-corrected chi connectivity index (χ3v) is 3.58. The molecule has 1 N–H and O–H groups in total. The molecule has 0 bridgehead atoms. The summed E-state index contributed by atoms with van der Waals surface area (Å²) >= 11 is 1.66. The van der Waals surface area contributed by atoms with Crippen LogP contribution in [0.5, 0.6) is 0 Å². The van der Waals surface area contributed by atoms with Gasteiger partial charge in [0.15, 0.2) is 0 Å². The molecule has 0 amide bonds. The molecule has 1 unspecified atom stereocenters. The molecule has 90 valence electrons. The van der Waals surface area contributed by atoms with E-state index >= 15 is 0 Å². The molecule has 4 heteroatoms. The van der Waals surface area contributed by atoms with Crippen molar-refractivity contribution in [2.24, 2.45) is 7.05 Å². The van der Waals surface area contributed by atoms with E-state index in [-0.39, 0.29) is 0 Å². The van der Waals surface area contributed by atoms with Gasteiger partial charge in [-0.15, -0.1) is 11.8 Å². The fourth-order valence-electron chi connectivity index (χ4n) is 1.59. The van der Waals surface area contributed by atoms with Crippen molar-refractivity contribution in [1.82, 2.24) is 9.78 Å². The van der Waals surface area contributed by atoms with Gasteiger partial charge in [0.2, 0.25) is 0 Å².